The van der Waals surface area contributed by atoms with E-state index in [2.05, 4.69) is 10.6 Å². The first-order chi connectivity index (χ1) is 9.12. The molecule has 1 saturated carbocycles. The van der Waals surface area contributed by atoms with Gasteiger partial charge in [0.1, 0.15) is 5.75 Å². The van der Waals surface area contributed by atoms with Crippen molar-refractivity contribution in [1.82, 2.24) is 5.32 Å². The molecule has 3 rings (SSSR count). The van der Waals surface area contributed by atoms with Crippen LogP contribution in [0.25, 0.3) is 0 Å². The fourth-order valence-corrected chi connectivity index (χ4v) is 3.18. The van der Waals surface area contributed by atoms with E-state index in [9.17, 15) is 9.90 Å². The van der Waals surface area contributed by atoms with Crippen LogP contribution in [-0.4, -0.2) is 24.1 Å². The second kappa shape index (κ2) is 4.53. The molecule has 1 aromatic carbocycles. The lowest BCUT2D eigenvalue weighted by Gasteiger charge is -2.23. The van der Waals surface area contributed by atoms with Crippen LogP contribution in [0.15, 0.2) is 18.2 Å². The van der Waals surface area contributed by atoms with Gasteiger partial charge < -0.3 is 15.7 Å². The van der Waals surface area contributed by atoms with Gasteiger partial charge >= 0.3 is 0 Å². The minimum Gasteiger partial charge on any atom is -0.505 e. The van der Waals surface area contributed by atoms with E-state index in [1.807, 2.05) is 19.1 Å². The number of benzene rings is 1. The minimum absolute atomic E-state index is 0.0581. The monoisotopic (exact) mass is 260 g/mol. The fraction of sp³-hybridized carbons (Fsp3) is 0.533. The molecule has 4 nitrogen and oxygen atoms in total. The van der Waals surface area contributed by atoms with E-state index in [0.717, 1.165) is 37.9 Å². The molecule has 1 atom stereocenters. The number of hydrogen-bond donors (Lipinski definition) is 3. The molecule has 1 unspecified atom stereocenters. The van der Waals surface area contributed by atoms with Gasteiger partial charge in [0.15, 0.2) is 0 Å². The molecule has 1 aliphatic heterocycles. The molecule has 19 heavy (non-hydrogen) atoms. The molecule has 3 N–H and O–H groups in total. The highest BCUT2D eigenvalue weighted by atomic mass is 16.3. The maximum absolute atomic E-state index is 12.3. The van der Waals surface area contributed by atoms with Crippen molar-refractivity contribution < 1.29 is 9.90 Å². The largest absolute Gasteiger partial charge is 0.505 e. The van der Waals surface area contributed by atoms with Crippen LogP contribution >= 0.6 is 0 Å². The van der Waals surface area contributed by atoms with Crippen LogP contribution in [0.5, 0.6) is 5.75 Å². The Morgan fingerprint density at radius 3 is 2.89 bits per heavy atom. The summed E-state index contributed by atoms with van der Waals surface area (Å²) < 4.78 is 0. The van der Waals surface area contributed by atoms with Crippen LogP contribution in [0, 0.1) is 18.3 Å². The van der Waals surface area contributed by atoms with Crippen LogP contribution < -0.4 is 10.6 Å². The number of piperidine rings is 1. The molecular formula is C15H20N2O2. The third-order valence-electron chi connectivity index (χ3n) is 4.60. The van der Waals surface area contributed by atoms with Crippen LogP contribution in [0.1, 0.15) is 24.8 Å². The van der Waals surface area contributed by atoms with Crippen molar-refractivity contribution in [3.63, 3.8) is 0 Å². The van der Waals surface area contributed by atoms with Crippen molar-refractivity contribution in [2.24, 2.45) is 11.3 Å². The summed E-state index contributed by atoms with van der Waals surface area (Å²) in [6, 6.07) is 5.42. The number of aryl methyl sites for hydroxylation is 1. The zero-order chi connectivity index (χ0) is 13.5. The maximum atomic E-state index is 12.3. The van der Waals surface area contributed by atoms with Gasteiger partial charge in [-0.05, 0) is 56.3 Å². The van der Waals surface area contributed by atoms with Gasteiger partial charge in [-0.2, -0.15) is 0 Å². The van der Waals surface area contributed by atoms with E-state index in [1.54, 1.807) is 6.07 Å². The summed E-state index contributed by atoms with van der Waals surface area (Å²) in [6.45, 7) is 3.86. The minimum atomic E-state index is 0.0581. The number of carbonyl (C=O) groups excluding carboxylic acids is 1. The van der Waals surface area contributed by atoms with Crippen LogP contribution in [0.3, 0.4) is 0 Å². The molecule has 1 saturated heterocycles. The average molecular weight is 260 g/mol. The summed E-state index contributed by atoms with van der Waals surface area (Å²) in [5, 5.41) is 16.1. The summed E-state index contributed by atoms with van der Waals surface area (Å²) in [6.07, 6.45) is 3.17. The molecule has 1 spiro atoms. The Bertz CT molecular complexity index is 507. The van der Waals surface area contributed by atoms with Gasteiger partial charge in [0.05, 0.1) is 5.69 Å². The van der Waals surface area contributed by atoms with E-state index in [0.29, 0.717) is 5.69 Å². The number of aromatic hydroxyl groups is 1. The smallest absolute Gasteiger partial charge is 0.228 e. The molecule has 0 bridgehead atoms. The number of phenolic OH excluding ortho intramolecular Hbond substituents is 1. The van der Waals surface area contributed by atoms with Crippen molar-refractivity contribution in [3.8, 4) is 5.75 Å². The molecule has 1 amide bonds. The van der Waals surface area contributed by atoms with Gasteiger partial charge in [-0.25, -0.2) is 0 Å². The van der Waals surface area contributed by atoms with Crippen molar-refractivity contribution in [2.45, 2.75) is 26.2 Å². The predicted octanol–water partition coefficient (Wildman–Crippen LogP) is 2.03. The molecule has 2 fully saturated rings. The molecule has 1 heterocycles. The number of phenols is 1. The molecular weight excluding hydrogens is 240 g/mol. The fourth-order valence-electron chi connectivity index (χ4n) is 3.18. The Balaban J connectivity index is 1.68. The third-order valence-corrected chi connectivity index (χ3v) is 4.60. The number of hydrogen-bond acceptors (Lipinski definition) is 3. The third kappa shape index (κ3) is 2.21. The molecule has 102 valence electrons. The van der Waals surface area contributed by atoms with Gasteiger partial charge in [-0.15, -0.1) is 0 Å². The van der Waals surface area contributed by atoms with E-state index in [1.165, 1.54) is 0 Å². The van der Waals surface area contributed by atoms with Crippen LogP contribution in [-0.2, 0) is 4.79 Å². The number of nitrogens with one attached hydrogen (secondary N) is 2. The number of amides is 1. The zero-order valence-corrected chi connectivity index (χ0v) is 11.2. The Labute approximate surface area is 113 Å². The van der Waals surface area contributed by atoms with Gasteiger partial charge in [0.2, 0.25) is 5.91 Å². The van der Waals surface area contributed by atoms with Crippen molar-refractivity contribution >= 4 is 11.6 Å². The lowest BCUT2D eigenvalue weighted by atomic mass is 9.92. The molecule has 1 aromatic rings. The zero-order valence-electron chi connectivity index (χ0n) is 11.2. The van der Waals surface area contributed by atoms with Crippen molar-refractivity contribution in [2.75, 3.05) is 18.4 Å². The van der Waals surface area contributed by atoms with Gasteiger partial charge in [-0.3, -0.25) is 4.79 Å². The summed E-state index contributed by atoms with van der Waals surface area (Å²) in [5.41, 5.74) is 1.54. The normalized spacial score (nSPS) is 24.2. The van der Waals surface area contributed by atoms with Crippen molar-refractivity contribution in [3.05, 3.63) is 23.8 Å². The molecule has 4 heteroatoms. The van der Waals surface area contributed by atoms with Gasteiger partial charge in [0, 0.05) is 5.92 Å². The van der Waals surface area contributed by atoms with E-state index in [-0.39, 0.29) is 23.0 Å². The first kappa shape index (κ1) is 12.5. The summed E-state index contributed by atoms with van der Waals surface area (Å²) in [7, 11) is 0. The highest BCUT2D eigenvalue weighted by molar-refractivity contribution is 5.96. The van der Waals surface area contributed by atoms with E-state index >= 15 is 0 Å². The van der Waals surface area contributed by atoms with Gasteiger partial charge in [-0.1, -0.05) is 12.1 Å². The summed E-state index contributed by atoms with van der Waals surface area (Å²) in [4.78, 5) is 12.3. The molecule has 1 aliphatic carbocycles. The number of rotatable bonds is 2. The average Bonchev–Trinajstić information content (AvgIpc) is 3.09. The second-order valence-corrected chi connectivity index (χ2v) is 5.83. The highest BCUT2D eigenvalue weighted by Gasteiger charge is 2.57. The molecule has 0 aromatic heterocycles. The van der Waals surface area contributed by atoms with Crippen LogP contribution in [0.2, 0.25) is 0 Å². The molecule has 2 aliphatic rings. The predicted molar refractivity (Wildman–Crippen MR) is 74.1 cm³/mol. The van der Waals surface area contributed by atoms with Gasteiger partial charge in [0.25, 0.3) is 0 Å². The number of carbonyl (C=O) groups is 1. The maximum Gasteiger partial charge on any atom is 0.228 e. The number of para-hydroxylation sites is 1. The summed E-state index contributed by atoms with van der Waals surface area (Å²) >= 11 is 0. The van der Waals surface area contributed by atoms with Crippen molar-refractivity contribution in [1.29, 1.82) is 0 Å². The Hall–Kier alpha value is -1.55. The Morgan fingerprint density at radius 2 is 2.16 bits per heavy atom. The number of anilines is 1. The SMILES string of the molecule is Cc1cccc(NC(=O)C2CC23CCNCC3)c1O. The standard InChI is InChI=1S/C15H20N2O2/c1-10-3-2-4-12(13(10)18)17-14(19)11-9-15(11)5-7-16-8-6-15/h2-4,11,16,18H,5-9H2,1H3,(H,17,19). The Morgan fingerprint density at radius 1 is 1.42 bits per heavy atom. The summed E-state index contributed by atoms with van der Waals surface area (Å²) in [5.74, 6) is 0.355. The Kier molecular flexibility index (Phi) is 2.97. The first-order valence-electron chi connectivity index (χ1n) is 6.93. The second-order valence-electron chi connectivity index (χ2n) is 5.83. The topological polar surface area (TPSA) is 61.4 Å². The van der Waals surface area contributed by atoms with E-state index < -0.39 is 0 Å². The quantitative estimate of drug-likeness (QED) is 0.713. The lowest BCUT2D eigenvalue weighted by Crippen LogP contribution is -2.31. The lowest BCUT2D eigenvalue weighted by molar-refractivity contribution is -0.118. The molecule has 0 radical (unpaired) electrons. The van der Waals surface area contributed by atoms with Crippen LogP contribution in [0.4, 0.5) is 5.69 Å². The van der Waals surface area contributed by atoms with E-state index in [4.69, 9.17) is 0 Å². The first-order valence-corrected chi connectivity index (χ1v) is 6.93. The highest BCUT2D eigenvalue weighted by Crippen LogP contribution is 2.58.